The second-order valence-electron chi connectivity index (χ2n) is 7.52. The van der Waals surface area contributed by atoms with Crippen LogP contribution in [-0.4, -0.2) is 47.5 Å². The fourth-order valence-electron chi connectivity index (χ4n) is 2.89. The van der Waals surface area contributed by atoms with Crippen LogP contribution in [0.5, 0.6) is 0 Å². The van der Waals surface area contributed by atoms with Gasteiger partial charge in [0.2, 0.25) is 0 Å². The van der Waals surface area contributed by atoms with Crippen molar-refractivity contribution in [3.63, 3.8) is 0 Å². The molecular formula is C15H28N4O. The largest absolute Gasteiger partial charge is 0.351 e. The third kappa shape index (κ3) is 3.51. The lowest BCUT2D eigenvalue weighted by atomic mass is 9.87. The summed E-state index contributed by atoms with van der Waals surface area (Å²) in [6, 6.07) is 0. The number of nitrogens with one attached hydrogen (secondary N) is 2. The number of aliphatic imine (C=N–C) groups is 1. The second kappa shape index (κ2) is 5.35. The van der Waals surface area contributed by atoms with Crippen LogP contribution in [0.2, 0.25) is 0 Å². The molecule has 0 unspecified atom stereocenters. The van der Waals surface area contributed by atoms with Gasteiger partial charge in [0.1, 0.15) is 5.54 Å². The number of carbonyl (C=O) groups excluding carboxylic acids is 1. The Hall–Kier alpha value is -1.10. The van der Waals surface area contributed by atoms with Crippen molar-refractivity contribution in [2.45, 2.75) is 58.5 Å². The molecule has 114 valence electrons. The van der Waals surface area contributed by atoms with Crippen molar-refractivity contribution in [2.24, 2.45) is 10.9 Å². The van der Waals surface area contributed by atoms with Crippen LogP contribution in [0.15, 0.2) is 4.99 Å². The summed E-state index contributed by atoms with van der Waals surface area (Å²) in [6.45, 7) is 13.7. The summed E-state index contributed by atoms with van der Waals surface area (Å²) in [7, 11) is 0. The molecule has 0 saturated carbocycles. The standard InChI is InChI=1S/C15H28N4O/c1-11(2)10-19-8-6-15(7-9-19)12(20)16-13(18-15)17-14(3,4)5/h11H,6-10H2,1-5H3,(H2,16,17,18,20). The molecule has 0 atom stereocenters. The molecule has 2 aliphatic heterocycles. The Balaban J connectivity index is 2.00. The van der Waals surface area contributed by atoms with E-state index in [0.29, 0.717) is 11.9 Å². The Labute approximate surface area is 122 Å². The van der Waals surface area contributed by atoms with E-state index >= 15 is 0 Å². The van der Waals surface area contributed by atoms with E-state index in [0.717, 1.165) is 32.5 Å². The van der Waals surface area contributed by atoms with Gasteiger partial charge in [-0.15, -0.1) is 0 Å². The van der Waals surface area contributed by atoms with Crippen LogP contribution in [0.25, 0.3) is 0 Å². The van der Waals surface area contributed by atoms with E-state index in [2.05, 4.69) is 55.1 Å². The maximum absolute atomic E-state index is 12.3. The number of guanidine groups is 1. The Morgan fingerprint density at radius 3 is 2.45 bits per heavy atom. The summed E-state index contributed by atoms with van der Waals surface area (Å²) in [5.41, 5.74) is -0.614. The van der Waals surface area contributed by atoms with Crippen LogP contribution in [-0.2, 0) is 4.79 Å². The number of likely N-dealkylation sites (tertiary alicyclic amines) is 1. The topological polar surface area (TPSA) is 56.7 Å². The molecule has 1 spiro atoms. The summed E-state index contributed by atoms with van der Waals surface area (Å²) in [5.74, 6) is 1.37. The van der Waals surface area contributed by atoms with Gasteiger partial charge in [-0.1, -0.05) is 13.8 Å². The molecule has 0 radical (unpaired) electrons. The third-order valence-electron chi connectivity index (χ3n) is 3.78. The number of piperidine rings is 1. The normalized spacial score (nSPS) is 23.1. The Kier molecular flexibility index (Phi) is 4.09. The van der Waals surface area contributed by atoms with E-state index in [9.17, 15) is 4.79 Å². The highest BCUT2D eigenvalue weighted by molar-refractivity contribution is 6.07. The van der Waals surface area contributed by atoms with Crippen molar-refractivity contribution in [1.29, 1.82) is 0 Å². The molecule has 0 aromatic rings. The summed E-state index contributed by atoms with van der Waals surface area (Å²) in [5, 5.41) is 6.18. The number of nitrogens with zero attached hydrogens (tertiary/aromatic N) is 2. The van der Waals surface area contributed by atoms with Gasteiger partial charge in [-0.2, -0.15) is 0 Å². The zero-order valence-electron chi connectivity index (χ0n) is 13.4. The van der Waals surface area contributed by atoms with Gasteiger partial charge in [-0.25, -0.2) is 4.99 Å². The Morgan fingerprint density at radius 2 is 1.95 bits per heavy atom. The average Bonchev–Trinajstić information content (AvgIpc) is 2.56. The molecule has 5 heteroatoms. The van der Waals surface area contributed by atoms with Crippen LogP contribution in [0.1, 0.15) is 47.5 Å². The fraction of sp³-hybridized carbons (Fsp3) is 0.867. The van der Waals surface area contributed by atoms with Crippen molar-refractivity contribution >= 4 is 11.9 Å². The lowest BCUT2D eigenvalue weighted by Crippen LogP contribution is -2.50. The quantitative estimate of drug-likeness (QED) is 0.803. The predicted octanol–water partition coefficient (Wildman–Crippen LogP) is 1.35. The molecule has 2 aliphatic rings. The first kappa shape index (κ1) is 15.3. The number of carbonyl (C=O) groups is 1. The highest BCUT2D eigenvalue weighted by atomic mass is 16.2. The highest BCUT2D eigenvalue weighted by Gasteiger charge is 2.46. The molecule has 1 fully saturated rings. The van der Waals surface area contributed by atoms with E-state index in [4.69, 9.17) is 0 Å². The lowest BCUT2D eigenvalue weighted by molar-refractivity contribution is -0.125. The minimum Gasteiger partial charge on any atom is -0.351 e. The smallest absolute Gasteiger partial charge is 0.254 e. The van der Waals surface area contributed by atoms with E-state index in [1.807, 2.05) is 0 Å². The minimum atomic E-state index is -0.527. The monoisotopic (exact) mass is 280 g/mol. The molecule has 2 N–H and O–H groups in total. The van der Waals surface area contributed by atoms with Crippen molar-refractivity contribution in [3.8, 4) is 0 Å². The SMILES string of the molecule is CC(C)CN1CCC2(CC1)N=C(NC(C)(C)C)NC2=O. The van der Waals surface area contributed by atoms with Gasteiger partial charge in [-0.05, 0) is 39.5 Å². The first-order chi connectivity index (χ1) is 9.20. The Bertz CT molecular complexity index is 401. The zero-order chi connectivity index (χ0) is 15.0. The lowest BCUT2D eigenvalue weighted by Gasteiger charge is -2.36. The number of rotatable bonds is 2. The van der Waals surface area contributed by atoms with Crippen LogP contribution in [0.3, 0.4) is 0 Å². The van der Waals surface area contributed by atoms with Crippen molar-refractivity contribution in [1.82, 2.24) is 15.5 Å². The summed E-state index contributed by atoms with van der Waals surface area (Å²) in [6.07, 6.45) is 1.64. The molecule has 0 bridgehead atoms. The molecule has 0 aliphatic carbocycles. The maximum Gasteiger partial charge on any atom is 0.254 e. The third-order valence-corrected chi connectivity index (χ3v) is 3.78. The summed E-state index contributed by atoms with van der Waals surface area (Å²) >= 11 is 0. The van der Waals surface area contributed by atoms with Crippen molar-refractivity contribution in [3.05, 3.63) is 0 Å². The van der Waals surface area contributed by atoms with Crippen molar-refractivity contribution < 1.29 is 4.79 Å². The Morgan fingerprint density at radius 1 is 1.35 bits per heavy atom. The summed E-state index contributed by atoms with van der Waals surface area (Å²) in [4.78, 5) is 19.4. The number of hydrogen-bond donors (Lipinski definition) is 2. The van der Waals surface area contributed by atoms with E-state index in [1.165, 1.54) is 0 Å². The van der Waals surface area contributed by atoms with Crippen molar-refractivity contribution in [2.75, 3.05) is 19.6 Å². The number of amides is 1. The molecule has 5 nitrogen and oxygen atoms in total. The van der Waals surface area contributed by atoms with Gasteiger partial charge in [0.25, 0.3) is 5.91 Å². The molecule has 0 aromatic carbocycles. The molecule has 20 heavy (non-hydrogen) atoms. The van der Waals surface area contributed by atoms with E-state index < -0.39 is 5.54 Å². The highest BCUT2D eigenvalue weighted by Crippen LogP contribution is 2.30. The molecule has 0 aromatic heterocycles. The van der Waals surface area contributed by atoms with Crippen LogP contribution >= 0.6 is 0 Å². The van der Waals surface area contributed by atoms with Gasteiger partial charge < -0.3 is 10.2 Å². The van der Waals surface area contributed by atoms with Gasteiger partial charge >= 0.3 is 0 Å². The second-order valence-corrected chi connectivity index (χ2v) is 7.52. The molecule has 2 rings (SSSR count). The van der Waals surface area contributed by atoms with Gasteiger partial charge in [0.15, 0.2) is 5.96 Å². The maximum atomic E-state index is 12.3. The summed E-state index contributed by atoms with van der Waals surface area (Å²) < 4.78 is 0. The van der Waals surface area contributed by atoms with Crippen LogP contribution in [0, 0.1) is 5.92 Å². The fourth-order valence-corrected chi connectivity index (χ4v) is 2.89. The molecule has 1 saturated heterocycles. The van der Waals surface area contributed by atoms with Gasteiger partial charge in [-0.3, -0.25) is 10.1 Å². The average molecular weight is 280 g/mol. The van der Waals surface area contributed by atoms with E-state index in [-0.39, 0.29) is 11.4 Å². The number of hydrogen-bond acceptors (Lipinski definition) is 4. The van der Waals surface area contributed by atoms with Gasteiger partial charge in [0.05, 0.1) is 0 Å². The molecule has 1 amide bonds. The van der Waals surface area contributed by atoms with Gasteiger partial charge in [0, 0.05) is 25.2 Å². The van der Waals surface area contributed by atoms with Crippen LogP contribution < -0.4 is 10.6 Å². The zero-order valence-corrected chi connectivity index (χ0v) is 13.4. The first-order valence-corrected chi connectivity index (χ1v) is 7.62. The predicted molar refractivity (Wildman–Crippen MR) is 81.7 cm³/mol. The first-order valence-electron chi connectivity index (χ1n) is 7.62. The van der Waals surface area contributed by atoms with E-state index in [1.54, 1.807) is 0 Å². The molecule has 2 heterocycles. The molecular weight excluding hydrogens is 252 g/mol. The minimum absolute atomic E-state index is 0.0634. The van der Waals surface area contributed by atoms with Crippen LogP contribution in [0.4, 0.5) is 0 Å².